The molecule has 2 rings (SSSR count). The van der Waals surface area contributed by atoms with E-state index in [1.54, 1.807) is 5.38 Å². The van der Waals surface area contributed by atoms with E-state index in [-0.39, 0.29) is 5.69 Å². The lowest BCUT2D eigenvalue weighted by Gasteiger charge is -2.02. The topological polar surface area (TPSA) is 50.2 Å². The van der Waals surface area contributed by atoms with E-state index in [0.29, 0.717) is 0 Å². The van der Waals surface area contributed by atoms with Crippen LogP contribution in [0.15, 0.2) is 28.1 Å². The summed E-state index contributed by atoms with van der Waals surface area (Å²) in [6.07, 6.45) is 0. The zero-order valence-corrected chi connectivity index (χ0v) is 10.8. The third kappa shape index (κ3) is 2.15. The minimum absolute atomic E-state index is 0.0966. The van der Waals surface area contributed by atoms with Crippen molar-refractivity contribution >= 4 is 33.2 Å². The molecule has 1 aromatic heterocycles. The summed E-state index contributed by atoms with van der Waals surface area (Å²) in [7, 11) is 0. The monoisotopic (exact) mass is 297 g/mol. The number of hydrogen-bond donors (Lipinski definition) is 1. The highest BCUT2D eigenvalue weighted by molar-refractivity contribution is 9.10. The SMILES string of the molecule is Cc1ccc(Br)cc1-c1nc(C(=O)O)cs1. The molecule has 0 amide bonds. The van der Waals surface area contributed by atoms with Crippen LogP contribution in [-0.4, -0.2) is 16.1 Å². The molecule has 3 nitrogen and oxygen atoms in total. The lowest BCUT2D eigenvalue weighted by molar-refractivity contribution is 0.0691. The molecule has 0 aliphatic heterocycles. The van der Waals surface area contributed by atoms with Gasteiger partial charge in [-0.25, -0.2) is 9.78 Å². The van der Waals surface area contributed by atoms with E-state index in [0.717, 1.165) is 20.6 Å². The van der Waals surface area contributed by atoms with Gasteiger partial charge in [0.25, 0.3) is 0 Å². The summed E-state index contributed by atoms with van der Waals surface area (Å²) in [6.45, 7) is 1.98. The van der Waals surface area contributed by atoms with E-state index < -0.39 is 5.97 Å². The van der Waals surface area contributed by atoms with Gasteiger partial charge in [0, 0.05) is 15.4 Å². The number of aromatic carboxylic acids is 1. The average molecular weight is 298 g/mol. The standard InChI is InChI=1S/C11H8BrNO2S/c1-6-2-3-7(12)4-8(6)10-13-9(5-16-10)11(14)15/h2-5H,1H3,(H,14,15). The number of carboxylic acids is 1. The minimum atomic E-state index is -0.991. The normalized spacial score (nSPS) is 10.4. The van der Waals surface area contributed by atoms with Crippen molar-refractivity contribution in [2.45, 2.75) is 6.92 Å². The maximum Gasteiger partial charge on any atom is 0.355 e. The van der Waals surface area contributed by atoms with Crippen LogP contribution >= 0.6 is 27.3 Å². The molecule has 1 aromatic carbocycles. The minimum Gasteiger partial charge on any atom is -0.476 e. The van der Waals surface area contributed by atoms with Gasteiger partial charge in [0.2, 0.25) is 0 Å². The van der Waals surface area contributed by atoms with Crippen molar-refractivity contribution in [3.63, 3.8) is 0 Å². The van der Waals surface area contributed by atoms with E-state index in [4.69, 9.17) is 5.11 Å². The van der Waals surface area contributed by atoms with Crippen LogP contribution in [0.25, 0.3) is 10.6 Å². The highest BCUT2D eigenvalue weighted by Crippen LogP contribution is 2.29. The largest absolute Gasteiger partial charge is 0.476 e. The molecule has 0 aliphatic carbocycles. The van der Waals surface area contributed by atoms with Gasteiger partial charge in [-0.05, 0) is 24.6 Å². The number of rotatable bonds is 2. The molecule has 0 aliphatic rings. The van der Waals surface area contributed by atoms with Crippen LogP contribution in [0.5, 0.6) is 0 Å². The number of carbonyl (C=O) groups is 1. The van der Waals surface area contributed by atoms with Crippen LogP contribution in [0.3, 0.4) is 0 Å². The molecule has 0 unspecified atom stereocenters. The van der Waals surface area contributed by atoms with Gasteiger partial charge in [-0.3, -0.25) is 0 Å². The summed E-state index contributed by atoms with van der Waals surface area (Å²) in [5.74, 6) is -0.991. The first-order chi connectivity index (χ1) is 7.58. The predicted molar refractivity (Wildman–Crippen MR) is 66.9 cm³/mol. The molecule has 0 saturated carbocycles. The summed E-state index contributed by atoms with van der Waals surface area (Å²) in [6, 6.07) is 5.87. The highest BCUT2D eigenvalue weighted by Gasteiger charge is 2.11. The number of aromatic nitrogens is 1. The third-order valence-corrected chi connectivity index (χ3v) is 3.52. The van der Waals surface area contributed by atoms with Crippen molar-refractivity contribution in [1.82, 2.24) is 4.98 Å². The molecule has 0 radical (unpaired) electrons. The van der Waals surface area contributed by atoms with Crippen LogP contribution < -0.4 is 0 Å². The molecule has 0 atom stereocenters. The second-order valence-corrected chi connectivity index (χ2v) is 5.08. The van der Waals surface area contributed by atoms with E-state index >= 15 is 0 Å². The Morgan fingerprint density at radius 3 is 2.88 bits per heavy atom. The van der Waals surface area contributed by atoms with Crippen LogP contribution in [0.1, 0.15) is 16.1 Å². The predicted octanol–water partition coefficient (Wildman–Crippen LogP) is 3.58. The van der Waals surface area contributed by atoms with E-state index in [9.17, 15) is 4.79 Å². The van der Waals surface area contributed by atoms with Crippen LogP contribution in [0, 0.1) is 6.92 Å². The van der Waals surface area contributed by atoms with Gasteiger partial charge < -0.3 is 5.11 Å². The molecule has 0 spiro atoms. The van der Waals surface area contributed by atoms with Crippen LogP contribution in [0.4, 0.5) is 0 Å². The molecular weight excluding hydrogens is 290 g/mol. The molecule has 5 heteroatoms. The van der Waals surface area contributed by atoms with Gasteiger partial charge in [-0.2, -0.15) is 0 Å². The summed E-state index contributed by atoms with van der Waals surface area (Å²) in [5.41, 5.74) is 2.14. The Kier molecular flexibility index (Phi) is 3.07. The first-order valence-electron chi connectivity index (χ1n) is 4.53. The quantitative estimate of drug-likeness (QED) is 0.922. The van der Waals surface area contributed by atoms with Crippen molar-refractivity contribution < 1.29 is 9.90 Å². The molecule has 0 bridgehead atoms. The smallest absolute Gasteiger partial charge is 0.355 e. The number of hydrogen-bond acceptors (Lipinski definition) is 3. The fourth-order valence-electron chi connectivity index (χ4n) is 1.32. The van der Waals surface area contributed by atoms with Crippen molar-refractivity contribution in [2.75, 3.05) is 0 Å². The van der Waals surface area contributed by atoms with Crippen molar-refractivity contribution in [3.8, 4) is 10.6 Å². The Balaban J connectivity index is 2.50. The van der Waals surface area contributed by atoms with Gasteiger partial charge >= 0.3 is 5.97 Å². The van der Waals surface area contributed by atoms with Gasteiger partial charge in [-0.1, -0.05) is 22.0 Å². The zero-order valence-electron chi connectivity index (χ0n) is 8.40. The zero-order chi connectivity index (χ0) is 11.7. The molecule has 16 heavy (non-hydrogen) atoms. The Morgan fingerprint density at radius 2 is 2.25 bits per heavy atom. The summed E-state index contributed by atoms with van der Waals surface area (Å²) < 4.78 is 0.958. The van der Waals surface area contributed by atoms with Gasteiger partial charge in [0.1, 0.15) is 5.01 Å². The van der Waals surface area contributed by atoms with E-state index in [1.807, 2.05) is 25.1 Å². The maximum absolute atomic E-state index is 10.7. The number of carboxylic acid groups (broad SMARTS) is 1. The van der Waals surface area contributed by atoms with E-state index in [2.05, 4.69) is 20.9 Å². The van der Waals surface area contributed by atoms with Crippen molar-refractivity contribution in [2.24, 2.45) is 0 Å². The maximum atomic E-state index is 10.7. The Hall–Kier alpha value is -1.20. The van der Waals surface area contributed by atoms with E-state index in [1.165, 1.54) is 11.3 Å². The number of aryl methyl sites for hydroxylation is 1. The van der Waals surface area contributed by atoms with Crippen molar-refractivity contribution in [1.29, 1.82) is 0 Å². The summed E-state index contributed by atoms with van der Waals surface area (Å²) >= 11 is 4.73. The Bertz CT molecular complexity index is 551. The second-order valence-electron chi connectivity index (χ2n) is 3.30. The lowest BCUT2D eigenvalue weighted by Crippen LogP contribution is -1.95. The van der Waals surface area contributed by atoms with Crippen LogP contribution in [-0.2, 0) is 0 Å². The Labute approximate surface area is 105 Å². The molecule has 0 saturated heterocycles. The van der Waals surface area contributed by atoms with Crippen LogP contribution in [0.2, 0.25) is 0 Å². The molecule has 82 valence electrons. The Morgan fingerprint density at radius 1 is 1.50 bits per heavy atom. The molecular formula is C11H8BrNO2S. The first-order valence-corrected chi connectivity index (χ1v) is 6.20. The number of benzene rings is 1. The van der Waals surface area contributed by atoms with Gasteiger partial charge in [0.15, 0.2) is 5.69 Å². The fourth-order valence-corrected chi connectivity index (χ4v) is 2.56. The first kappa shape index (κ1) is 11.3. The average Bonchev–Trinajstić information content (AvgIpc) is 2.70. The van der Waals surface area contributed by atoms with Gasteiger partial charge in [-0.15, -0.1) is 11.3 Å². The molecule has 2 aromatic rings. The number of nitrogens with zero attached hydrogens (tertiary/aromatic N) is 1. The fraction of sp³-hybridized carbons (Fsp3) is 0.0909. The van der Waals surface area contributed by atoms with Gasteiger partial charge in [0.05, 0.1) is 0 Å². The number of thiazole rings is 1. The molecule has 1 N–H and O–H groups in total. The summed E-state index contributed by atoms with van der Waals surface area (Å²) in [5, 5.41) is 11.1. The highest BCUT2D eigenvalue weighted by atomic mass is 79.9. The third-order valence-electron chi connectivity index (χ3n) is 2.15. The summed E-state index contributed by atoms with van der Waals surface area (Å²) in [4.78, 5) is 14.8. The second kappa shape index (κ2) is 4.35. The molecule has 1 heterocycles. The number of halogens is 1. The molecule has 0 fully saturated rings. The lowest BCUT2D eigenvalue weighted by atomic mass is 10.1. The van der Waals surface area contributed by atoms with Crippen molar-refractivity contribution in [3.05, 3.63) is 39.3 Å².